The maximum atomic E-state index is 15.0. The Kier molecular flexibility index (Phi) is 7.94. The Morgan fingerprint density at radius 2 is 1.90 bits per heavy atom. The lowest BCUT2D eigenvalue weighted by Crippen LogP contribution is -2.59. The number of alkyl halides is 5. The summed E-state index contributed by atoms with van der Waals surface area (Å²) in [6.45, 7) is 6.62. The minimum Gasteiger partial charge on any atom is -0.489 e. The van der Waals surface area contributed by atoms with Crippen molar-refractivity contribution in [2.75, 3.05) is 13.1 Å². The standard InChI is InChI=1S/C28H30F5N3O5/c1-15-11-18(39-13-17-7-6-9-34-23(17)28(31,32)33)12-19-21(16(2)40-22(15)19)24(37)35-20-8-10-36(14-27(20,29)30)25(38)41-26(3,4)5/h6-7,9,11-12,20H,8,10,13-14H2,1-5H3,(H,35,37). The van der Waals surface area contributed by atoms with Gasteiger partial charge in [-0.1, -0.05) is 6.07 Å². The van der Waals surface area contributed by atoms with Crippen LogP contribution >= 0.6 is 0 Å². The zero-order valence-electron chi connectivity index (χ0n) is 23.1. The average molecular weight is 584 g/mol. The summed E-state index contributed by atoms with van der Waals surface area (Å²) in [7, 11) is 0. The van der Waals surface area contributed by atoms with Crippen molar-refractivity contribution < 1.29 is 45.4 Å². The molecule has 1 aromatic carbocycles. The number of hydrogen-bond donors (Lipinski definition) is 1. The average Bonchev–Trinajstić information content (AvgIpc) is 3.18. The van der Waals surface area contributed by atoms with Crippen molar-refractivity contribution >= 4 is 23.0 Å². The predicted molar refractivity (Wildman–Crippen MR) is 138 cm³/mol. The molecule has 222 valence electrons. The van der Waals surface area contributed by atoms with Gasteiger partial charge in [-0.15, -0.1) is 0 Å². The quantitative estimate of drug-likeness (QED) is 0.349. The second-order valence-corrected chi connectivity index (χ2v) is 10.9. The van der Waals surface area contributed by atoms with E-state index in [1.165, 1.54) is 31.2 Å². The minimum atomic E-state index is -4.67. The molecule has 0 aliphatic carbocycles. The predicted octanol–water partition coefficient (Wildman–Crippen LogP) is 6.42. The lowest BCUT2D eigenvalue weighted by atomic mass is 9.99. The minimum absolute atomic E-state index is 0.00344. The number of aryl methyl sites for hydroxylation is 2. The molecule has 0 bridgehead atoms. The number of aromatic nitrogens is 1. The molecule has 1 aliphatic rings. The molecule has 3 heterocycles. The summed E-state index contributed by atoms with van der Waals surface area (Å²) in [5, 5.41) is 2.63. The monoisotopic (exact) mass is 583 g/mol. The van der Waals surface area contributed by atoms with Crippen molar-refractivity contribution in [3.63, 3.8) is 0 Å². The van der Waals surface area contributed by atoms with Gasteiger partial charge in [0.2, 0.25) is 0 Å². The van der Waals surface area contributed by atoms with E-state index < -0.39 is 54.6 Å². The number of hydrogen-bond acceptors (Lipinski definition) is 6. The number of nitrogens with one attached hydrogen (secondary N) is 1. The summed E-state index contributed by atoms with van der Waals surface area (Å²) >= 11 is 0. The highest BCUT2D eigenvalue weighted by atomic mass is 19.4. The number of amides is 2. The second-order valence-electron chi connectivity index (χ2n) is 10.9. The third kappa shape index (κ3) is 6.71. The molecule has 4 rings (SSSR count). The van der Waals surface area contributed by atoms with E-state index in [1.807, 2.05) is 0 Å². The van der Waals surface area contributed by atoms with E-state index in [0.29, 0.717) is 11.1 Å². The first-order valence-corrected chi connectivity index (χ1v) is 12.8. The third-order valence-corrected chi connectivity index (χ3v) is 6.46. The van der Waals surface area contributed by atoms with Gasteiger partial charge in [0.05, 0.1) is 18.2 Å². The van der Waals surface area contributed by atoms with Crippen molar-refractivity contribution in [3.8, 4) is 5.75 Å². The van der Waals surface area contributed by atoms with Crippen LogP contribution in [0.1, 0.15) is 60.1 Å². The van der Waals surface area contributed by atoms with E-state index in [2.05, 4.69) is 10.3 Å². The van der Waals surface area contributed by atoms with Gasteiger partial charge in [-0.2, -0.15) is 13.2 Å². The van der Waals surface area contributed by atoms with Gasteiger partial charge in [0.25, 0.3) is 11.8 Å². The number of carbonyl (C=O) groups is 2. The first-order valence-electron chi connectivity index (χ1n) is 12.8. The van der Waals surface area contributed by atoms with Gasteiger partial charge in [-0.05, 0) is 64.8 Å². The lowest BCUT2D eigenvalue weighted by molar-refractivity contribution is -0.142. The maximum absolute atomic E-state index is 15.0. The Morgan fingerprint density at radius 3 is 2.54 bits per heavy atom. The Hall–Kier alpha value is -3.90. The molecule has 1 fully saturated rings. The van der Waals surface area contributed by atoms with Gasteiger partial charge in [0, 0.05) is 23.7 Å². The zero-order valence-corrected chi connectivity index (χ0v) is 23.1. The molecule has 0 saturated carbocycles. The van der Waals surface area contributed by atoms with Crippen LogP contribution in [0.4, 0.5) is 26.7 Å². The molecule has 2 aromatic heterocycles. The van der Waals surface area contributed by atoms with Gasteiger partial charge in [0.15, 0.2) is 5.69 Å². The molecule has 1 N–H and O–H groups in total. The molecule has 41 heavy (non-hydrogen) atoms. The van der Waals surface area contributed by atoms with Crippen LogP contribution in [0.15, 0.2) is 34.9 Å². The number of halogens is 5. The molecule has 1 unspecified atom stereocenters. The van der Waals surface area contributed by atoms with Crippen molar-refractivity contribution in [1.82, 2.24) is 15.2 Å². The number of carbonyl (C=O) groups excluding carboxylic acids is 2. The summed E-state index contributed by atoms with van der Waals surface area (Å²) in [6.07, 6.45) is -4.72. The van der Waals surface area contributed by atoms with Crippen LogP contribution in [0.5, 0.6) is 5.75 Å². The number of rotatable bonds is 5. The fourth-order valence-corrected chi connectivity index (χ4v) is 4.62. The second kappa shape index (κ2) is 10.8. The maximum Gasteiger partial charge on any atom is 0.433 e. The molecule has 0 radical (unpaired) electrons. The van der Waals surface area contributed by atoms with Crippen LogP contribution in [0.25, 0.3) is 11.0 Å². The van der Waals surface area contributed by atoms with Gasteiger partial charge in [-0.25, -0.2) is 13.6 Å². The number of benzene rings is 1. The van der Waals surface area contributed by atoms with Crippen LogP contribution in [0.2, 0.25) is 0 Å². The third-order valence-electron chi connectivity index (χ3n) is 6.46. The van der Waals surface area contributed by atoms with Gasteiger partial charge in [0.1, 0.15) is 29.3 Å². The number of piperidine rings is 1. The molecular formula is C28H30F5N3O5. The van der Waals surface area contributed by atoms with Crippen molar-refractivity contribution in [3.05, 3.63) is 58.6 Å². The molecule has 8 nitrogen and oxygen atoms in total. The molecule has 1 aliphatic heterocycles. The number of ether oxygens (including phenoxy) is 2. The summed E-state index contributed by atoms with van der Waals surface area (Å²) in [5.41, 5.74) is -1.27. The largest absolute Gasteiger partial charge is 0.489 e. The molecule has 1 atom stereocenters. The molecular weight excluding hydrogens is 553 g/mol. The normalized spacial score (nSPS) is 17.4. The number of pyridine rings is 1. The summed E-state index contributed by atoms with van der Waals surface area (Å²) in [4.78, 5) is 29.9. The molecule has 0 spiro atoms. The topological polar surface area (TPSA) is 93.9 Å². The van der Waals surface area contributed by atoms with E-state index in [-0.39, 0.29) is 41.0 Å². The first-order chi connectivity index (χ1) is 19.0. The Morgan fingerprint density at radius 1 is 1.20 bits per heavy atom. The van der Waals surface area contributed by atoms with Gasteiger partial charge in [-0.3, -0.25) is 9.78 Å². The van der Waals surface area contributed by atoms with E-state index in [1.54, 1.807) is 27.7 Å². The fraction of sp³-hybridized carbons (Fsp3) is 0.464. The fourth-order valence-electron chi connectivity index (χ4n) is 4.62. The van der Waals surface area contributed by atoms with E-state index >= 15 is 8.78 Å². The lowest BCUT2D eigenvalue weighted by Gasteiger charge is -2.38. The van der Waals surface area contributed by atoms with Crippen molar-refractivity contribution in [2.24, 2.45) is 0 Å². The number of furan rings is 1. The zero-order chi connectivity index (χ0) is 30.3. The molecule has 3 aromatic rings. The highest BCUT2D eigenvalue weighted by Crippen LogP contribution is 2.35. The van der Waals surface area contributed by atoms with Crippen LogP contribution in [0, 0.1) is 13.8 Å². The first kappa shape index (κ1) is 30.1. The van der Waals surface area contributed by atoms with Crippen molar-refractivity contribution in [1.29, 1.82) is 0 Å². The summed E-state index contributed by atoms with van der Waals surface area (Å²) in [5.74, 6) is -3.95. The van der Waals surface area contributed by atoms with Crippen LogP contribution in [0.3, 0.4) is 0 Å². The number of nitrogens with zero attached hydrogens (tertiary/aromatic N) is 2. The Labute approximate surface area is 232 Å². The van der Waals surface area contributed by atoms with Gasteiger partial charge >= 0.3 is 12.3 Å². The highest BCUT2D eigenvalue weighted by Gasteiger charge is 2.47. The molecule has 2 amide bonds. The molecule has 1 saturated heterocycles. The Balaban J connectivity index is 1.53. The smallest absolute Gasteiger partial charge is 0.433 e. The highest BCUT2D eigenvalue weighted by molar-refractivity contribution is 6.08. The van der Waals surface area contributed by atoms with E-state index in [9.17, 15) is 22.8 Å². The SMILES string of the molecule is Cc1oc2c(C)cc(OCc3cccnc3C(F)(F)F)cc2c1C(=O)NC1CCN(C(=O)OC(C)(C)C)CC1(F)F. The molecule has 13 heteroatoms. The van der Waals surface area contributed by atoms with E-state index in [4.69, 9.17) is 13.9 Å². The Bertz CT molecular complexity index is 1460. The summed E-state index contributed by atoms with van der Waals surface area (Å²) < 4.78 is 86.6. The van der Waals surface area contributed by atoms with Crippen LogP contribution < -0.4 is 10.1 Å². The van der Waals surface area contributed by atoms with Crippen molar-refractivity contribution in [2.45, 2.75) is 71.4 Å². The van der Waals surface area contributed by atoms with Crippen LogP contribution in [-0.2, 0) is 17.5 Å². The van der Waals surface area contributed by atoms with Gasteiger partial charge < -0.3 is 24.1 Å². The van der Waals surface area contributed by atoms with Crippen LogP contribution in [-0.4, -0.2) is 52.5 Å². The number of fused-ring (bicyclic) bond motifs is 1. The van der Waals surface area contributed by atoms with E-state index in [0.717, 1.165) is 11.1 Å². The summed E-state index contributed by atoms with van der Waals surface area (Å²) in [6, 6.07) is 4.00. The number of likely N-dealkylation sites (tertiary alicyclic amines) is 1.